The van der Waals surface area contributed by atoms with Gasteiger partial charge >= 0.3 is 0 Å². The smallest absolute Gasteiger partial charge is 0.289 e. The number of thioether (sulfide) groups is 1. The van der Waals surface area contributed by atoms with E-state index in [1.54, 1.807) is 13.4 Å². The lowest BCUT2D eigenvalue weighted by atomic mass is 9.92. The highest BCUT2D eigenvalue weighted by Crippen LogP contribution is 2.46. The summed E-state index contributed by atoms with van der Waals surface area (Å²) < 4.78 is 10.9. The highest BCUT2D eigenvalue weighted by Gasteiger charge is 2.51. The van der Waals surface area contributed by atoms with Gasteiger partial charge in [0, 0.05) is 31.5 Å². The largest absolute Gasteiger partial charge is 0.459 e. The first-order valence-electron chi connectivity index (χ1n) is 6.14. The number of methoxy groups -OCH3 is 1. The number of aryl methyl sites for hydroxylation is 1. The van der Waals surface area contributed by atoms with E-state index in [2.05, 4.69) is 0 Å². The summed E-state index contributed by atoms with van der Waals surface area (Å²) in [6, 6.07) is 1.83. The average Bonchev–Trinajstić information content (AvgIpc) is 2.92. The van der Waals surface area contributed by atoms with Gasteiger partial charge in [0.1, 0.15) is 0 Å². The van der Waals surface area contributed by atoms with Gasteiger partial charge in [-0.05, 0) is 19.4 Å². The van der Waals surface area contributed by atoms with Crippen LogP contribution in [0.25, 0.3) is 0 Å². The zero-order chi connectivity index (χ0) is 12.8. The molecule has 5 heteroatoms. The minimum absolute atomic E-state index is 0.0181. The van der Waals surface area contributed by atoms with Crippen LogP contribution in [0.5, 0.6) is 0 Å². The Morgan fingerprint density at radius 2 is 2.39 bits per heavy atom. The molecule has 2 aliphatic rings. The zero-order valence-corrected chi connectivity index (χ0v) is 11.5. The van der Waals surface area contributed by atoms with Crippen LogP contribution in [-0.2, 0) is 4.74 Å². The average molecular weight is 267 g/mol. The molecule has 0 bridgehead atoms. The van der Waals surface area contributed by atoms with Crippen LogP contribution in [0.1, 0.15) is 22.5 Å². The number of hydrogen-bond acceptors (Lipinski definition) is 4. The second kappa shape index (κ2) is 4.31. The zero-order valence-electron chi connectivity index (χ0n) is 10.6. The molecular formula is C13H17NO3S. The van der Waals surface area contributed by atoms with Crippen LogP contribution < -0.4 is 0 Å². The van der Waals surface area contributed by atoms with Crippen LogP contribution in [0.4, 0.5) is 0 Å². The maximum absolute atomic E-state index is 12.2. The van der Waals surface area contributed by atoms with Crippen molar-refractivity contribution >= 4 is 17.7 Å². The van der Waals surface area contributed by atoms with Gasteiger partial charge in [0.25, 0.3) is 5.91 Å². The Hall–Kier alpha value is -0.940. The van der Waals surface area contributed by atoms with Crippen molar-refractivity contribution in [2.24, 2.45) is 0 Å². The standard InChI is InChI=1S/C13H17NO3S/c1-9-3-4-17-11(9)12(15)14-7-13(8-14)5-10(16-2)6-18-13/h3-4,10H,5-8H2,1-2H3. The molecule has 0 saturated carbocycles. The third-order valence-electron chi connectivity index (χ3n) is 3.81. The lowest BCUT2D eigenvalue weighted by molar-refractivity contribution is 0.0424. The van der Waals surface area contributed by atoms with Gasteiger partial charge in [0.15, 0.2) is 5.76 Å². The molecule has 1 atom stereocenters. The lowest BCUT2D eigenvalue weighted by Crippen LogP contribution is -2.60. The normalized spacial score (nSPS) is 25.4. The maximum atomic E-state index is 12.2. The quantitative estimate of drug-likeness (QED) is 0.821. The Labute approximate surface area is 111 Å². The van der Waals surface area contributed by atoms with Crippen LogP contribution in [0.15, 0.2) is 16.7 Å². The molecule has 18 heavy (non-hydrogen) atoms. The molecule has 3 heterocycles. The molecule has 0 radical (unpaired) electrons. The molecule has 98 valence electrons. The van der Waals surface area contributed by atoms with Crippen molar-refractivity contribution in [3.63, 3.8) is 0 Å². The van der Waals surface area contributed by atoms with Crippen LogP contribution in [0, 0.1) is 6.92 Å². The van der Waals surface area contributed by atoms with E-state index in [9.17, 15) is 4.79 Å². The summed E-state index contributed by atoms with van der Waals surface area (Å²) in [6.07, 6.45) is 2.97. The van der Waals surface area contributed by atoms with Crippen molar-refractivity contribution in [2.75, 3.05) is 26.0 Å². The molecule has 1 aromatic heterocycles. The SMILES string of the molecule is COC1CSC2(C1)CN(C(=O)c1occc1C)C2. The molecule has 2 fully saturated rings. The highest BCUT2D eigenvalue weighted by atomic mass is 32.2. The summed E-state index contributed by atoms with van der Waals surface area (Å²) in [7, 11) is 1.76. The monoisotopic (exact) mass is 267 g/mol. The van der Waals surface area contributed by atoms with Gasteiger partial charge in [-0.2, -0.15) is 0 Å². The molecule has 4 nitrogen and oxygen atoms in total. The summed E-state index contributed by atoms with van der Waals surface area (Å²) in [5, 5.41) is 0. The Morgan fingerprint density at radius 3 is 2.94 bits per heavy atom. The first kappa shape index (κ1) is 12.1. The number of carbonyl (C=O) groups excluding carboxylic acids is 1. The summed E-state index contributed by atoms with van der Waals surface area (Å²) in [4.78, 5) is 14.1. The van der Waals surface area contributed by atoms with Gasteiger partial charge in [0.05, 0.1) is 17.1 Å². The second-order valence-corrected chi connectivity index (χ2v) is 6.64. The summed E-state index contributed by atoms with van der Waals surface area (Å²) in [5.74, 6) is 1.54. The van der Waals surface area contributed by atoms with E-state index in [-0.39, 0.29) is 10.7 Å². The Bertz CT molecular complexity index is 465. The summed E-state index contributed by atoms with van der Waals surface area (Å²) >= 11 is 1.94. The number of carbonyl (C=O) groups is 1. The molecule has 2 aliphatic heterocycles. The fourth-order valence-corrected chi connectivity index (χ4v) is 4.29. The minimum atomic E-state index is 0.0181. The number of likely N-dealkylation sites (tertiary alicyclic amines) is 1. The molecule has 3 rings (SSSR count). The Balaban J connectivity index is 1.63. The van der Waals surface area contributed by atoms with Crippen molar-refractivity contribution in [3.8, 4) is 0 Å². The van der Waals surface area contributed by atoms with Gasteiger partial charge in [-0.1, -0.05) is 0 Å². The first-order valence-corrected chi connectivity index (χ1v) is 7.12. The predicted molar refractivity (Wildman–Crippen MR) is 70.0 cm³/mol. The van der Waals surface area contributed by atoms with E-state index >= 15 is 0 Å². The molecule has 1 unspecified atom stereocenters. The van der Waals surface area contributed by atoms with Crippen LogP contribution >= 0.6 is 11.8 Å². The number of hydrogen-bond donors (Lipinski definition) is 0. The fourth-order valence-electron chi connectivity index (χ4n) is 2.70. The van der Waals surface area contributed by atoms with Gasteiger partial charge in [-0.3, -0.25) is 4.79 Å². The van der Waals surface area contributed by atoms with Crippen molar-refractivity contribution in [1.82, 2.24) is 4.90 Å². The highest BCUT2D eigenvalue weighted by molar-refractivity contribution is 8.01. The van der Waals surface area contributed by atoms with E-state index in [1.807, 2.05) is 29.7 Å². The molecule has 1 aromatic rings. The Morgan fingerprint density at radius 1 is 1.61 bits per heavy atom. The third-order valence-corrected chi connectivity index (χ3v) is 5.39. The minimum Gasteiger partial charge on any atom is -0.459 e. The van der Waals surface area contributed by atoms with E-state index in [0.29, 0.717) is 11.9 Å². The van der Waals surface area contributed by atoms with Crippen LogP contribution in [0.3, 0.4) is 0 Å². The molecule has 2 saturated heterocycles. The van der Waals surface area contributed by atoms with Gasteiger partial charge in [-0.25, -0.2) is 0 Å². The topological polar surface area (TPSA) is 42.7 Å². The third kappa shape index (κ3) is 1.86. The van der Waals surface area contributed by atoms with Gasteiger partial charge in [-0.15, -0.1) is 11.8 Å². The van der Waals surface area contributed by atoms with Crippen molar-refractivity contribution in [2.45, 2.75) is 24.2 Å². The molecule has 0 aromatic carbocycles. The van der Waals surface area contributed by atoms with Gasteiger partial charge in [0.2, 0.25) is 0 Å². The van der Waals surface area contributed by atoms with Crippen molar-refractivity contribution < 1.29 is 13.9 Å². The van der Waals surface area contributed by atoms with Gasteiger partial charge < -0.3 is 14.1 Å². The number of furan rings is 1. The molecular weight excluding hydrogens is 250 g/mol. The molecule has 0 N–H and O–H groups in total. The molecule has 1 spiro atoms. The number of amides is 1. The summed E-state index contributed by atoms with van der Waals surface area (Å²) in [6.45, 7) is 3.53. The van der Waals surface area contributed by atoms with E-state index in [0.717, 1.165) is 30.8 Å². The fraction of sp³-hybridized carbons (Fsp3) is 0.615. The van der Waals surface area contributed by atoms with Crippen LogP contribution in [-0.4, -0.2) is 47.6 Å². The number of ether oxygens (including phenoxy) is 1. The predicted octanol–water partition coefficient (Wildman–Crippen LogP) is 1.93. The second-order valence-electron chi connectivity index (χ2n) is 5.15. The van der Waals surface area contributed by atoms with E-state index in [1.165, 1.54) is 0 Å². The maximum Gasteiger partial charge on any atom is 0.289 e. The number of nitrogens with zero attached hydrogens (tertiary/aromatic N) is 1. The molecule has 1 amide bonds. The lowest BCUT2D eigenvalue weighted by Gasteiger charge is -2.47. The number of rotatable bonds is 2. The first-order chi connectivity index (χ1) is 8.63. The van der Waals surface area contributed by atoms with Crippen molar-refractivity contribution in [1.29, 1.82) is 0 Å². The summed E-state index contributed by atoms with van der Waals surface area (Å²) in [5.41, 5.74) is 0.912. The van der Waals surface area contributed by atoms with Crippen molar-refractivity contribution in [3.05, 3.63) is 23.7 Å². The molecule has 0 aliphatic carbocycles. The Kier molecular flexibility index (Phi) is 2.90. The van der Waals surface area contributed by atoms with E-state index < -0.39 is 0 Å². The van der Waals surface area contributed by atoms with Crippen LogP contribution in [0.2, 0.25) is 0 Å². The van der Waals surface area contributed by atoms with E-state index in [4.69, 9.17) is 9.15 Å².